The van der Waals surface area contributed by atoms with Crippen molar-refractivity contribution in [3.63, 3.8) is 0 Å². The van der Waals surface area contributed by atoms with Crippen LogP contribution in [0.25, 0.3) is 0 Å². The summed E-state index contributed by atoms with van der Waals surface area (Å²) in [7, 11) is 0. The maximum Gasteiger partial charge on any atom is 0.102 e. The van der Waals surface area contributed by atoms with Gasteiger partial charge in [0.25, 0.3) is 0 Å². The van der Waals surface area contributed by atoms with E-state index >= 15 is 0 Å². The monoisotopic (exact) mass is 152 g/mol. The van der Waals surface area contributed by atoms with Gasteiger partial charge in [-0.25, -0.2) is 0 Å². The maximum atomic E-state index is 8.45. The molecule has 0 radical (unpaired) electrons. The Balaban J connectivity index is 3.26. The van der Waals surface area contributed by atoms with Crippen LogP contribution in [0.5, 0.6) is 0 Å². The molecule has 0 bridgehead atoms. The fourth-order valence-corrected chi connectivity index (χ4v) is 0.885. The number of nitriles is 4. The first-order valence-corrected chi connectivity index (χ1v) is 2.89. The molecular weight excluding hydrogens is 152 g/mol. The molecule has 0 aliphatic heterocycles. The van der Waals surface area contributed by atoms with Gasteiger partial charge in [-0.2, -0.15) is 21.0 Å². The zero-order valence-corrected chi connectivity index (χ0v) is 5.79. The van der Waals surface area contributed by atoms with Crippen molar-refractivity contribution in [1.82, 2.24) is 0 Å². The molecule has 0 saturated heterocycles. The molecule has 4 heteroatoms. The van der Waals surface area contributed by atoms with Crippen LogP contribution < -0.4 is 0 Å². The fraction of sp³-hybridized carbons (Fsp3) is 0. The van der Waals surface area contributed by atoms with E-state index in [-0.39, 0.29) is 22.3 Å². The Bertz CT molecular complexity index is 364. The van der Waals surface area contributed by atoms with Crippen molar-refractivity contribution in [3.05, 3.63) is 22.3 Å². The molecule has 0 atom stereocenters. The molecule has 0 aromatic rings. The molecule has 0 saturated carbocycles. The fourth-order valence-electron chi connectivity index (χ4n) is 0.885. The molecule has 4 nitrogen and oxygen atoms in total. The molecule has 1 aliphatic carbocycles. The molecule has 12 heavy (non-hydrogen) atoms. The molecular formula is C8N4. The SMILES string of the molecule is N#CC1=C(C#N)C(C#N)=C1C#N. The Morgan fingerprint density at radius 1 is 0.500 bits per heavy atom. The van der Waals surface area contributed by atoms with Crippen LogP contribution in [0.1, 0.15) is 0 Å². The molecule has 0 spiro atoms. The second-order valence-corrected chi connectivity index (χ2v) is 1.95. The summed E-state index contributed by atoms with van der Waals surface area (Å²) in [5, 5.41) is 33.8. The Morgan fingerprint density at radius 2 is 0.667 bits per heavy atom. The third-order valence-electron chi connectivity index (χ3n) is 1.45. The van der Waals surface area contributed by atoms with E-state index in [1.165, 1.54) is 0 Å². The second kappa shape index (κ2) is 2.59. The van der Waals surface area contributed by atoms with Gasteiger partial charge in [0, 0.05) is 0 Å². The Labute approximate surface area is 68.5 Å². The van der Waals surface area contributed by atoms with Crippen LogP contribution in [-0.4, -0.2) is 0 Å². The standard InChI is InChI=1S/C8N4/c9-1-5-6(2-10)8(4-12)7(5)3-11. The molecule has 0 amide bonds. The van der Waals surface area contributed by atoms with Crippen molar-refractivity contribution < 1.29 is 0 Å². The molecule has 1 aliphatic rings. The van der Waals surface area contributed by atoms with Gasteiger partial charge < -0.3 is 0 Å². The zero-order chi connectivity index (χ0) is 9.14. The third-order valence-corrected chi connectivity index (χ3v) is 1.45. The minimum absolute atomic E-state index is 0.0246. The third kappa shape index (κ3) is 0.671. The van der Waals surface area contributed by atoms with Gasteiger partial charge >= 0.3 is 0 Å². The van der Waals surface area contributed by atoms with Crippen molar-refractivity contribution in [2.75, 3.05) is 0 Å². The summed E-state index contributed by atoms with van der Waals surface area (Å²) < 4.78 is 0. The van der Waals surface area contributed by atoms with Gasteiger partial charge in [0.05, 0.1) is 22.3 Å². The Hall–Kier alpha value is -2.56. The van der Waals surface area contributed by atoms with Gasteiger partial charge in [0.15, 0.2) is 0 Å². The Kier molecular flexibility index (Phi) is 1.63. The average molecular weight is 152 g/mol. The first-order chi connectivity index (χ1) is 5.79. The molecule has 1 rings (SSSR count). The molecule has 0 fully saturated rings. The van der Waals surface area contributed by atoms with E-state index < -0.39 is 0 Å². The summed E-state index contributed by atoms with van der Waals surface area (Å²) in [6, 6.07) is 6.77. The van der Waals surface area contributed by atoms with E-state index in [1.54, 1.807) is 24.3 Å². The van der Waals surface area contributed by atoms with Crippen LogP contribution in [0, 0.1) is 45.3 Å². The van der Waals surface area contributed by atoms with Gasteiger partial charge in [0.1, 0.15) is 24.3 Å². The number of hydrogen-bond acceptors (Lipinski definition) is 4. The Morgan fingerprint density at radius 3 is 0.750 bits per heavy atom. The first kappa shape index (κ1) is 7.55. The highest BCUT2D eigenvalue weighted by atomic mass is 14.4. The summed E-state index contributed by atoms with van der Waals surface area (Å²) in [4.78, 5) is 0. The average Bonchev–Trinajstić information content (AvgIpc) is 2.05. The number of allylic oxidation sites excluding steroid dienone is 4. The minimum Gasteiger partial charge on any atom is -0.192 e. The van der Waals surface area contributed by atoms with Gasteiger partial charge in [-0.05, 0) is 0 Å². The normalized spacial score (nSPS) is 13.7. The van der Waals surface area contributed by atoms with Crippen molar-refractivity contribution in [1.29, 1.82) is 21.0 Å². The molecule has 0 aromatic heterocycles. The highest BCUT2D eigenvalue weighted by Crippen LogP contribution is 2.33. The van der Waals surface area contributed by atoms with E-state index in [0.29, 0.717) is 0 Å². The molecule has 0 N–H and O–H groups in total. The summed E-state index contributed by atoms with van der Waals surface area (Å²) >= 11 is 0. The lowest BCUT2D eigenvalue weighted by Gasteiger charge is -2.11. The molecule has 0 aromatic carbocycles. The van der Waals surface area contributed by atoms with E-state index in [2.05, 4.69) is 0 Å². The summed E-state index contributed by atoms with van der Waals surface area (Å²) in [6.45, 7) is 0. The molecule has 0 heterocycles. The van der Waals surface area contributed by atoms with Crippen molar-refractivity contribution >= 4 is 0 Å². The largest absolute Gasteiger partial charge is 0.192 e. The second-order valence-electron chi connectivity index (χ2n) is 1.95. The zero-order valence-electron chi connectivity index (χ0n) is 5.79. The molecule has 0 unspecified atom stereocenters. The van der Waals surface area contributed by atoms with Crippen LogP contribution in [-0.2, 0) is 0 Å². The predicted molar refractivity (Wildman–Crippen MR) is 36.5 cm³/mol. The van der Waals surface area contributed by atoms with Gasteiger partial charge in [0.2, 0.25) is 0 Å². The predicted octanol–water partition coefficient (Wildman–Crippen LogP) is 0.688. The van der Waals surface area contributed by atoms with Crippen LogP contribution in [0.3, 0.4) is 0 Å². The number of rotatable bonds is 0. The quantitative estimate of drug-likeness (QED) is 0.510. The maximum absolute atomic E-state index is 8.45. The van der Waals surface area contributed by atoms with Gasteiger partial charge in [-0.3, -0.25) is 0 Å². The van der Waals surface area contributed by atoms with Crippen LogP contribution in [0.2, 0.25) is 0 Å². The highest BCUT2D eigenvalue weighted by molar-refractivity contribution is 5.78. The van der Waals surface area contributed by atoms with E-state index in [4.69, 9.17) is 21.0 Å². The van der Waals surface area contributed by atoms with E-state index in [0.717, 1.165) is 0 Å². The minimum atomic E-state index is 0.0246. The summed E-state index contributed by atoms with van der Waals surface area (Å²) in [5.74, 6) is 0. The molecule has 52 valence electrons. The van der Waals surface area contributed by atoms with Crippen LogP contribution in [0.15, 0.2) is 22.3 Å². The van der Waals surface area contributed by atoms with Gasteiger partial charge in [-0.15, -0.1) is 0 Å². The first-order valence-electron chi connectivity index (χ1n) is 2.89. The van der Waals surface area contributed by atoms with E-state index in [9.17, 15) is 0 Å². The smallest absolute Gasteiger partial charge is 0.102 e. The lowest BCUT2D eigenvalue weighted by molar-refractivity contribution is 1.27. The topological polar surface area (TPSA) is 95.2 Å². The lowest BCUT2D eigenvalue weighted by atomic mass is 9.83. The van der Waals surface area contributed by atoms with Gasteiger partial charge in [-0.1, -0.05) is 0 Å². The van der Waals surface area contributed by atoms with Crippen LogP contribution >= 0.6 is 0 Å². The van der Waals surface area contributed by atoms with Crippen molar-refractivity contribution in [3.8, 4) is 24.3 Å². The van der Waals surface area contributed by atoms with Crippen molar-refractivity contribution in [2.24, 2.45) is 0 Å². The number of hydrogen-bond donors (Lipinski definition) is 0. The highest BCUT2D eigenvalue weighted by Gasteiger charge is 2.29. The number of nitrogens with zero attached hydrogens (tertiary/aromatic N) is 4. The lowest BCUT2D eigenvalue weighted by Crippen LogP contribution is -2.07. The van der Waals surface area contributed by atoms with E-state index in [1.807, 2.05) is 0 Å². The summed E-state index contributed by atoms with van der Waals surface area (Å²) in [6.07, 6.45) is 0. The van der Waals surface area contributed by atoms with Crippen LogP contribution in [0.4, 0.5) is 0 Å². The van der Waals surface area contributed by atoms with Crippen molar-refractivity contribution in [2.45, 2.75) is 0 Å². The summed E-state index contributed by atoms with van der Waals surface area (Å²) in [5.41, 5.74) is 0.0983.